The van der Waals surface area contributed by atoms with E-state index in [9.17, 15) is 9.65 Å². The summed E-state index contributed by atoms with van der Waals surface area (Å²) < 4.78 is 13.7. The third-order valence-electron chi connectivity index (χ3n) is 3.38. The Kier molecular flexibility index (Phi) is 3.75. The average molecular weight is 232 g/mol. The summed E-state index contributed by atoms with van der Waals surface area (Å²) in [7, 11) is 0. The van der Waals surface area contributed by atoms with Crippen molar-refractivity contribution < 1.29 is 4.39 Å². The fourth-order valence-electron chi connectivity index (χ4n) is 2.50. The van der Waals surface area contributed by atoms with Gasteiger partial charge in [-0.1, -0.05) is 25.1 Å². The van der Waals surface area contributed by atoms with Crippen LogP contribution in [0.25, 0.3) is 0 Å². The molecular weight excluding hydrogens is 215 g/mol. The molecule has 3 heteroatoms. The SMILES string of the molecule is CC1CCCN(C(C#N)c2ccccc2F)C1. The molecule has 17 heavy (non-hydrogen) atoms. The Morgan fingerprint density at radius 1 is 1.47 bits per heavy atom. The monoisotopic (exact) mass is 232 g/mol. The van der Waals surface area contributed by atoms with E-state index in [0.717, 1.165) is 19.5 Å². The van der Waals surface area contributed by atoms with Gasteiger partial charge in [0, 0.05) is 12.1 Å². The molecule has 0 radical (unpaired) electrons. The Morgan fingerprint density at radius 3 is 2.88 bits per heavy atom. The van der Waals surface area contributed by atoms with E-state index >= 15 is 0 Å². The van der Waals surface area contributed by atoms with Crippen molar-refractivity contribution in [2.45, 2.75) is 25.8 Å². The maximum Gasteiger partial charge on any atom is 0.129 e. The van der Waals surface area contributed by atoms with Gasteiger partial charge in [0.25, 0.3) is 0 Å². The summed E-state index contributed by atoms with van der Waals surface area (Å²) in [6.07, 6.45) is 2.29. The van der Waals surface area contributed by atoms with Gasteiger partial charge in [0.1, 0.15) is 11.9 Å². The molecule has 1 heterocycles. The number of piperidine rings is 1. The highest BCUT2D eigenvalue weighted by Crippen LogP contribution is 2.27. The predicted octanol–water partition coefficient (Wildman–Crippen LogP) is 3.12. The summed E-state index contributed by atoms with van der Waals surface area (Å²) in [5, 5.41) is 9.28. The Hall–Kier alpha value is -1.40. The quantitative estimate of drug-likeness (QED) is 0.783. The summed E-state index contributed by atoms with van der Waals surface area (Å²) in [4.78, 5) is 2.09. The van der Waals surface area contributed by atoms with Crippen LogP contribution in [0, 0.1) is 23.1 Å². The van der Waals surface area contributed by atoms with Crippen molar-refractivity contribution in [1.82, 2.24) is 4.90 Å². The maximum atomic E-state index is 13.7. The van der Waals surface area contributed by atoms with Crippen molar-refractivity contribution in [1.29, 1.82) is 5.26 Å². The molecule has 1 aliphatic heterocycles. The van der Waals surface area contributed by atoms with Crippen LogP contribution in [-0.4, -0.2) is 18.0 Å². The zero-order valence-electron chi connectivity index (χ0n) is 10.1. The summed E-state index contributed by atoms with van der Waals surface area (Å²) in [5.74, 6) is 0.309. The third kappa shape index (κ3) is 2.65. The Balaban J connectivity index is 2.22. The molecule has 2 atom stereocenters. The minimum atomic E-state index is -0.445. The molecule has 0 spiro atoms. The fraction of sp³-hybridized carbons (Fsp3) is 0.500. The van der Waals surface area contributed by atoms with Gasteiger partial charge in [-0.15, -0.1) is 0 Å². The molecule has 90 valence electrons. The fourth-order valence-corrected chi connectivity index (χ4v) is 2.50. The van der Waals surface area contributed by atoms with Crippen LogP contribution in [0.4, 0.5) is 4.39 Å². The molecule has 0 aromatic heterocycles. The Bertz CT molecular complexity index is 424. The van der Waals surface area contributed by atoms with Gasteiger partial charge >= 0.3 is 0 Å². The number of halogens is 1. The van der Waals surface area contributed by atoms with E-state index in [4.69, 9.17) is 0 Å². The van der Waals surface area contributed by atoms with Crippen molar-refractivity contribution >= 4 is 0 Å². The van der Waals surface area contributed by atoms with Crippen LogP contribution in [-0.2, 0) is 0 Å². The molecule has 0 bridgehead atoms. The average Bonchev–Trinajstić information content (AvgIpc) is 2.33. The maximum absolute atomic E-state index is 13.7. The number of likely N-dealkylation sites (tertiary alicyclic amines) is 1. The molecule has 0 amide bonds. The number of hydrogen-bond donors (Lipinski definition) is 0. The van der Waals surface area contributed by atoms with Gasteiger partial charge in [0.05, 0.1) is 6.07 Å². The van der Waals surface area contributed by atoms with Gasteiger partial charge in [-0.2, -0.15) is 5.26 Å². The van der Waals surface area contributed by atoms with Crippen LogP contribution in [0.3, 0.4) is 0 Å². The second-order valence-electron chi connectivity index (χ2n) is 4.80. The zero-order valence-corrected chi connectivity index (χ0v) is 10.1. The van der Waals surface area contributed by atoms with Crippen LogP contribution < -0.4 is 0 Å². The molecule has 1 fully saturated rings. The Labute approximate surface area is 102 Å². The lowest BCUT2D eigenvalue weighted by Crippen LogP contribution is -2.37. The third-order valence-corrected chi connectivity index (χ3v) is 3.38. The molecule has 0 saturated carbocycles. The van der Waals surface area contributed by atoms with Crippen LogP contribution in [0.1, 0.15) is 31.4 Å². The summed E-state index contributed by atoms with van der Waals surface area (Å²) in [5.41, 5.74) is 0.504. The van der Waals surface area contributed by atoms with Gasteiger partial charge in [-0.3, -0.25) is 4.90 Å². The second-order valence-corrected chi connectivity index (χ2v) is 4.80. The van der Waals surface area contributed by atoms with Crippen LogP contribution in [0.2, 0.25) is 0 Å². The summed E-state index contributed by atoms with van der Waals surface area (Å²) in [6.45, 7) is 3.95. The van der Waals surface area contributed by atoms with E-state index in [1.54, 1.807) is 18.2 Å². The lowest BCUT2D eigenvalue weighted by molar-refractivity contribution is 0.154. The van der Waals surface area contributed by atoms with Gasteiger partial charge in [0.2, 0.25) is 0 Å². The van der Waals surface area contributed by atoms with Crippen LogP contribution >= 0.6 is 0 Å². The van der Waals surface area contributed by atoms with Gasteiger partial charge in [-0.25, -0.2) is 4.39 Å². The molecule has 1 aliphatic rings. The van der Waals surface area contributed by atoms with E-state index in [-0.39, 0.29) is 5.82 Å². The Morgan fingerprint density at radius 2 is 2.24 bits per heavy atom. The van der Waals surface area contributed by atoms with E-state index in [1.165, 1.54) is 12.5 Å². The minimum Gasteiger partial charge on any atom is -0.284 e. The molecule has 1 aromatic carbocycles. The molecule has 2 nitrogen and oxygen atoms in total. The van der Waals surface area contributed by atoms with Crippen LogP contribution in [0.15, 0.2) is 24.3 Å². The largest absolute Gasteiger partial charge is 0.284 e. The summed E-state index contributed by atoms with van der Waals surface area (Å²) >= 11 is 0. The standard InChI is InChI=1S/C14H17FN2/c1-11-5-4-8-17(10-11)14(9-16)12-6-2-3-7-13(12)15/h2-3,6-7,11,14H,4-5,8,10H2,1H3. The second kappa shape index (κ2) is 5.29. The normalized spacial score (nSPS) is 23.0. The molecular formula is C14H17FN2. The van der Waals surface area contributed by atoms with E-state index in [0.29, 0.717) is 11.5 Å². The first kappa shape index (κ1) is 12.1. The van der Waals surface area contributed by atoms with Crippen molar-refractivity contribution in [3.05, 3.63) is 35.6 Å². The zero-order chi connectivity index (χ0) is 12.3. The number of benzene rings is 1. The summed E-state index contributed by atoms with van der Waals surface area (Å²) in [6, 6.07) is 8.37. The first-order valence-electron chi connectivity index (χ1n) is 6.10. The predicted molar refractivity (Wildman–Crippen MR) is 64.7 cm³/mol. The number of nitriles is 1. The first-order chi connectivity index (χ1) is 8.22. The van der Waals surface area contributed by atoms with Crippen molar-refractivity contribution in [3.8, 4) is 6.07 Å². The first-order valence-corrected chi connectivity index (χ1v) is 6.10. The van der Waals surface area contributed by atoms with Crippen molar-refractivity contribution in [2.75, 3.05) is 13.1 Å². The van der Waals surface area contributed by atoms with E-state index in [1.807, 2.05) is 0 Å². The lowest BCUT2D eigenvalue weighted by atomic mass is 9.96. The molecule has 2 rings (SSSR count). The highest BCUT2D eigenvalue weighted by atomic mass is 19.1. The smallest absolute Gasteiger partial charge is 0.129 e. The highest BCUT2D eigenvalue weighted by molar-refractivity contribution is 5.26. The van der Waals surface area contributed by atoms with Crippen molar-refractivity contribution in [3.63, 3.8) is 0 Å². The topological polar surface area (TPSA) is 27.0 Å². The number of nitrogens with zero attached hydrogens (tertiary/aromatic N) is 2. The molecule has 1 aromatic rings. The van der Waals surface area contributed by atoms with Crippen molar-refractivity contribution in [2.24, 2.45) is 5.92 Å². The van der Waals surface area contributed by atoms with Crippen LogP contribution in [0.5, 0.6) is 0 Å². The molecule has 0 N–H and O–H groups in total. The molecule has 2 unspecified atom stereocenters. The van der Waals surface area contributed by atoms with Gasteiger partial charge in [-0.05, 0) is 31.4 Å². The number of hydrogen-bond acceptors (Lipinski definition) is 2. The molecule has 1 saturated heterocycles. The molecule has 0 aliphatic carbocycles. The highest BCUT2D eigenvalue weighted by Gasteiger charge is 2.26. The van der Waals surface area contributed by atoms with Gasteiger partial charge < -0.3 is 0 Å². The lowest BCUT2D eigenvalue weighted by Gasteiger charge is -2.34. The minimum absolute atomic E-state index is 0.280. The van der Waals surface area contributed by atoms with Gasteiger partial charge in [0.15, 0.2) is 0 Å². The van der Waals surface area contributed by atoms with E-state index in [2.05, 4.69) is 17.9 Å². The number of rotatable bonds is 2. The van der Waals surface area contributed by atoms with E-state index < -0.39 is 6.04 Å².